The van der Waals surface area contributed by atoms with E-state index in [-0.39, 0.29) is 30.1 Å². The van der Waals surface area contributed by atoms with Gasteiger partial charge in [0.2, 0.25) is 10.0 Å². The molecule has 1 unspecified atom stereocenters. The summed E-state index contributed by atoms with van der Waals surface area (Å²) in [7, 11) is -3.74. The quantitative estimate of drug-likeness (QED) is 0.683. The fourth-order valence-corrected chi connectivity index (χ4v) is 4.61. The van der Waals surface area contributed by atoms with Gasteiger partial charge in [0.05, 0.1) is 4.90 Å². The Morgan fingerprint density at radius 2 is 1.89 bits per heavy atom. The smallest absolute Gasteiger partial charge is 0.317 e. The topological polar surface area (TPSA) is 69.7 Å². The minimum Gasteiger partial charge on any atom is -0.336 e. The number of halogens is 1. The van der Waals surface area contributed by atoms with E-state index in [1.807, 2.05) is 6.92 Å². The number of amides is 2. The predicted molar refractivity (Wildman–Crippen MR) is 103 cm³/mol. The average Bonchev–Trinajstić information content (AvgIpc) is 2.65. The molecule has 6 nitrogen and oxygen atoms in total. The van der Waals surface area contributed by atoms with Gasteiger partial charge in [-0.3, -0.25) is 0 Å². The number of urea groups is 1. The number of piperazine rings is 1. The number of nitrogens with one attached hydrogen (secondary N) is 1. The van der Waals surface area contributed by atoms with Crippen molar-refractivity contribution in [2.24, 2.45) is 0 Å². The third-order valence-corrected chi connectivity index (χ3v) is 6.71. The lowest BCUT2D eigenvalue weighted by molar-refractivity contribution is 0.169. The van der Waals surface area contributed by atoms with E-state index in [0.717, 1.165) is 18.9 Å². The van der Waals surface area contributed by atoms with E-state index in [2.05, 4.69) is 12.2 Å². The number of carbonyl (C=O) groups is 1. The Morgan fingerprint density at radius 1 is 1.19 bits per heavy atom. The molecule has 0 radical (unpaired) electrons. The molecule has 27 heavy (non-hydrogen) atoms. The van der Waals surface area contributed by atoms with E-state index in [1.54, 1.807) is 4.90 Å². The van der Waals surface area contributed by atoms with Crippen molar-refractivity contribution in [1.82, 2.24) is 14.5 Å². The highest BCUT2D eigenvalue weighted by Gasteiger charge is 2.30. The SMILES string of the molecule is CCCCCCC(C)NC(=O)N1CCN(S(=O)(=O)c2cccc(F)c2)CC1. The summed E-state index contributed by atoms with van der Waals surface area (Å²) in [5.41, 5.74) is 0. The van der Waals surface area contributed by atoms with Crippen LogP contribution in [-0.2, 0) is 10.0 Å². The normalized spacial score (nSPS) is 16.9. The van der Waals surface area contributed by atoms with Crippen molar-refractivity contribution >= 4 is 16.1 Å². The van der Waals surface area contributed by atoms with E-state index in [9.17, 15) is 17.6 Å². The summed E-state index contributed by atoms with van der Waals surface area (Å²) in [6, 6.07) is 4.95. The van der Waals surface area contributed by atoms with E-state index in [4.69, 9.17) is 0 Å². The number of nitrogens with zero attached hydrogens (tertiary/aromatic N) is 2. The van der Waals surface area contributed by atoms with Crippen LogP contribution in [0.3, 0.4) is 0 Å². The molecule has 152 valence electrons. The fourth-order valence-electron chi connectivity index (χ4n) is 3.16. The zero-order chi connectivity index (χ0) is 19.9. The largest absolute Gasteiger partial charge is 0.336 e. The number of hydrogen-bond acceptors (Lipinski definition) is 3. The zero-order valence-electron chi connectivity index (χ0n) is 16.2. The van der Waals surface area contributed by atoms with Gasteiger partial charge in [0.1, 0.15) is 5.82 Å². The van der Waals surface area contributed by atoms with Crippen LogP contribution >= 0.6 is 0 Å². The van der Waals surface area contributed by atoms with Gasteiger partial charge in [-0.15, -0.1) is 0 Å². The van der Waals surface area contributed by atoms with Crippen molar-refractivity contribution in [3.05, 3.63) is 30.1 Å². The lowest BCUT2D eigenvalue weighted by Crippen LogP contribution is -2.54. The second kappa shape index (κ2) is 10.0. The first-order valence-electron chi connectivity index (χ1n) is 9.65. The van der Waals surface area contributed by atoms with Crippen molar-refractivity contribution < 1.29 is 17.6 Å². The third-order valence-electron chi connectivity index (χ3n) is 4.82. The van der Waals surface area contributed by atoms with Crippen LogP contribution in [-0.4, -0.2) is 55.9 Å². The Kier molecular flexibility index (Phi) is 8.04. The monoisotopic (exact) mass is 399 g/mol. The van der Waals surface area contributed by atoms with Gasteiger partial charge in [-0.2, -0.15) is 4.31 Å². The van der Waals surface area contributed by atoms with Gasteiger partial charge >= 0.3 is 6.03 Å². The van der Waals surface area contributed by atoms with Gasteiger partial charge in [-0.1, -0.05) is 38.7 Å². The minimum atomic E-state index is -3.74. The highest BCUT2D eigenvalue weighted by Crippen LogP contribution is 2.18. The minimum absolute atomic E-state index is 0.0545. The summed E-state index contributed by atoms with van der Waals surface area (Å²) in [5, 5.41) is 2.99. The Hall–Kier alpha value is -1.67. The highest BCUT2D eigenvalue weighted by atomic mass is 32.2. The summed E-state index contributed by atoms with van der Waals surface area (Å²) < 4.78 is 39.9. The van der Waals surface area contributed by atoms with Gasteiger partial charge in [0.25, 0.3) is 0 Å². The molecule has 0 spiro atoms. The molecule has 0 aromatic heterocycles. The maximum atomic E-state index is 13.3. The van der Waals surface area contributed by atoms with Gasteiger partial charge < -0.3 is 10.2 Å². The third kappa shape index (κ3) is 6.17. The molecule has 1 aromatic carbocycles. The van der Waals surface area contributed by atoms with Crippen LogP contribution in [0.5, 0.6) is 0 Å². The van der Waals surface area contributed by atoms with Crippen LogP contribution in [0.15, 0.2) is 29.2 Å². The fraction of sp³-hybridized carbons (Fsp3) is 0.632. The number of sulfonamides is 1. The van der Waals surface area contributed by atoms with Crippen molar-refractivity contribution in [2.75, 3.05) is 26.2 Å². The standard InChI is InChI=1S/C19H30FN3O3S/c1-3-4-5-6-8-16(2)21-19(24)22-11-13-23(14-12-22)27(25,26)18-10-7-9-17(20)15-18/h7,9-10,15-16H,3-6,8,11-14H2,1-2H3,(H,21,24). The Labute approximate surface area is 161 Å². The molecule has 1 saturated heterocycles. The first-order valence-corrected chi connectivity index (χ1v) is 11.1. The first kappa shape index (κ1) is 21.6. The van der Waals surface area contributed by atoms with E-state index in [1.165, 1.54) is 41.8 Å². The van der Waals surface area contributed by atoms with Crippen LogP contribution in [0.25, 0.3) is 0 Å². The lowest BCUT2D eigenvalue weighted by Gasteiger charge is -2.34. The molecule has 1 aliphatic rings. The van der Waals surface area contributed by atoms with Crippen molar-refractivity contribution in [3.8, 4) is 0 Å². The molecule has 1 aliphatic heterocycles. The Balaban J connectivity index is 1.83. The summed E-state index contributed by atoms with van der Waals surface area (Å²) in [5.74, 6) is -0.581. The van der Waals surface area contributed by atoms with Gasteiger partial charge in [0, 0.05) is 32.2 Å². The van der Waals surface area contributed by atoms with Crippen molar-refractivity contribution in [3.63, 3.8) is 0 Å². The van der Waals surface area contributed by atoms with Gasteiger partial charge in [0.15, 0.2) is 0 Å². The average molecular weight is 400 g/mol. The van der Waals surface area contributed by atoms with E-state index in [0.29, 0.717) is 13.1 Å². The van der Waals surface area contributed by atoms with Gasteiger partial charge in [-0.05, 0) is 31.5 Å². The van der Waals surface area contributed by atoms with Crippen LogP contribution in [0.4, 0.5) is 9.18 Å². The predicted octanol–water partition coefficient (Wildman–Crippen LogP) is 3.20. The van der Waals surface area contributed by atoms with Crippen molar-refractivity contribution in [1.29, 1.82) is 0 Å². The molecule has 0 saturated carbocycles. The summed E-state index contributed by atoms with van der Waals surface area (Å²) >= 11 is 0. The number of carbonyl (C=O) groups excluding carboxylic acids is 1. The number of benzene rings is 1. The molecular formula is C19H30FN3O3S. The molecule has 1 heterocycles. The second-order valence-electron chi connectivity index (χ2n) is 7.05. The number of hydrogen-bond donors (Lipinski definition) is 1. The first-order chi connectivity index (χ1) is 12.8. The molecule has 1 atom stereocenters. The zero-order valence-corrected chi connectivity index (χ0v) is 17.0. The molecule has 2 rings (SSSR count). The molecule has 1 fully saturated rings. The molecule has 1 aromatic rings. The van der Waals surface area contributed by atoms with Crippen LogP contribution in [0, 0.1) is 5.82 Å². The molecule has 1 N–H and O–H groups in total. The molecule has 0 bridgehead atoms. The number of unbranched alkanes of at least 4 members (excludes halogenated alkanes) is 3. The maximum Gasteiger partial charge on any atom is 0.317 e. The number of rotatable bonds is 8. The van der Waals surface area contributed by atoms with Crippen LogP contribution in [0.1, 0.15) is 46.0 Å². The highest BCUT2D eigenvalue weighted by molar-refractivity contribution is 7.89. The lowest BCUT2D eigenvalue weighted by atomic mass is 10.1. The molecular weight excluding hydrogens is 369 g/mol. The summed E-state index contributed by atoms with van der Waals surface area (Å²) in [6.07, 6.45) is 5.61. The summed E-state index contributed by atoms with van der Waals surface area (Å²) in [4.78, 5) is 14.0. The molecule has 0 aliphatic carbocycles. The summed E-state index contributed by atoms with van der Waals surface area (Å²) in [6.45, 7) is 5.22. The second-order valence-corrected chi connectivity index (χ2v) is 8.99. The van der Waals surface area contributed by atoms with E-state index < -0.39 is 15.8 Å². The molecule has 2 amide bonds. The van der Waals surface area contributed by atoms with Crippen LogP contribution < -0.4 is 5.32 Å². The van der Waals surface area contributed by atoms with E-state index >= 15 is 0 Å². The Morgan fingerprint density at radius 3 is 2.52 bits per heavy atom. The van der Waals surface area contributed by atoms with Gasteiger partial charge in [-0.25, -0.2) is 17.6 Å². The van der Waals surface area contributed by atoms with Crippen LogP contribution in [0.2, 0.25) is 0 Å². The van der Waals surface area contributed by atoms with Crippen molar-refractivity contribution in [2.45, 2.75) is 56.9 Å². The maximum absolute atomic E-state index is 13.3. The molecule has 8 heteroatoms. The Bertz CT molecular complexity index is 719.